The van der Waals surface area contributed by atoms with Gasteiger partial charge in [-0.1, -0.05) is 6.92 Å². The average molecular weight is 316 g/mol. The van der Waals surface area contributed by atoms with Gasteiger partial charge in [-0.3, -0.25) is 0 Å². The van der Waals surface area contributed by atoms with E-state index in [9.17, 15) is 4.39 Å². The lowest BCUT2D eigenvalue weighted by Crippen LogP contribution is -2.50. The summed E-state index contributed by atoms with van der Waals surface area (Å²) in [5, 5.41) is 8.22. The topological polar surface area (TPSA) is 33.1 Å². The predicted octanol–water partition coefficient (Wildman–Crippen LogP) is 2.83. The molecule has 1 aliphatic rings. The second-order valence-electron chi connectivity index (χ2n) is 6.72. The minimum atomic E-state index is -0.229. The molecule has 1 aromatic heterocycles. The summed E-state index contributed by atoms with van der Waals surface area (Å²) in [6.07, 6.45) is 3.08. The predicted molar refractivity (Wildman–Crippen MR) is 90.0 cm³/mol. The molecule has 1 aromatic carbocycles. The molecule has 1 aliphatic heterocycles. The molecule has 124 valence electrons. The van der Waals surface area contributed by atoms with Gasteiger partial charge in [-0.2, -0.15) is 5.10 Å². The fourth-order valence-corrected chi connectivity index (χ4v) is 3.25. The second-order valence-corrected chi connectivity index (χ2v) is 6.72. The number of likely N-dealkylation sites (tertiary alicyclic amines) is 1. The van der Waals surface area contributed by atoms with Crippen LogP contribution in [0, 0.1) is 11.7 Å². The van der Waals surface area contributed by atoms with Gasteiger partial charge in [0.25, 0.3) is 0 Å². The number of hydrogen-bond donors (Lipinski definition) is 1. The summed E-state index contributed by atoms with van der Waals surface area (Å²) in [6, 6.07) is 9.53. The quantitative estimate of drug-likeness (QED) is 0.941. The highest BCUT2D eigenvalue weighted by molar-refractivity contribution is 5.31. The van der Waals surface area contributed by atoms with Gasteiger partial charge in [0.1, 0.15) is 5.82 Å². The van der Waals surface area contributed by atoms with Crippen molar-refractivity contribution in [1.82, 2.24) is 20.0 Å². The van der Waals surface area contributed by atoms with Gasteiger partial charge < -0.3 is 10.2 Å². The smallest absolute Gasteiger partial charge is 0.123 e. The molecule has 23 heavy (non-hydrogen) atoms. The number of hydrogen-bond acceptors (Lipinski definition) is 3. The van der Waals surface area contributed by atoms with Crippen LogP contribution in [0.3, 0.4) is 0 Å². The molecule has 4 nitrogen and oxygen atoms in total. The SMILES string of the molecule is C[C@@H]1CN(C)[C@@H](C)C[C@H]1NCc1ccn(-c2ccc(F)cc2)n1. The van der Waals surface area contributed by atoms with Gasteiger partial charge in [0, 0.05) is 31.4 Å². The van der Waals surface area contributed by atoms with E-state index in [0.717, 1.165) is 30.9 Å². The highest BCUT2D eigenvalue weighted by Gasteiger charge is 2.28. The number of piperidine rings is 1. The molecule has 0 spiro atoms. The lowest BCUT2D eigenvalue weighted by molar-refractivity contribution is 0.121. The van der Waals surface area contributed by atoms with Gasteiger partial charge in [-0.15, -0.1) is 0 Å². The molecule has 2 heterocycles. The Kier molecular flexibility index (Phi) is 4.78. The molecule has 0 saturated carbocycles. The zero-order valence-electron chi connectivity index (χ0n) is 14.0. The highest BCUT2D eigenvalue weighted by atomic mass is 19.1. The standard InChI is InChI=1S/C18H25FN4/c1-13-12-22(3)14(2)10-18(13)20-11-16-8-9-23(21-16)17-6-4-15(19)5-7-17/h4-9,13-14,18,20H,10-12H2,1-3H3/t13-,14+,18-/m1/s1. The number of halogens is 1. The Morgan fingerprint density at radius 1 is 1.22 bits per heavy atom. The molecule has 5 heteroatoms. The Morgan fingerprint density at radius 3 is 2.70 bits per heavy atom. The van der Waals surface area contributed by atoms with E-state index in [4.69, 9.17) is 0 Å². The van der Waals surface area contributed by atoms with Crippen LogP contribution in [-0.4, -0.2) is 40.4 Å². The maximum atomic E-state index is 13.0. The van der Waals surface area contributed by atoms with Crippen molar-refractivity contribution in [2.75, 3.05) is 13.6 Å². The molecule has 2 aromatic rings. The summed E-state index contributed by atoms with van der Waals surface area (Å²) in [7, 11) is 2.20. The van der Waals surface area contributed by atoms with E-state index >= 15 is 0 Å². The average Bonchev–Trinajstić information content (AvgIpc) is 2.99. The molecular weight excluding hydrogens is 291 g/mol. The number of nitrogens with one attached hydrogen (secondary N) is 1. The van der Waals surface area contributed by atoms with E-state index in [1.54, 1.807) is 16.8 Å². The first-order valence-electron chi connectivity index (χ1n) is 8.27. The molecule has 3 atom stereocenters. The number of nitrogens with zero attached hydrogens (tertiary/aromatic N) is 3. The lowest BCUT2D eigenvalue weighted by Gasteiger charge is -2.40. The Bertz CT molecular complexity index is 637. The normalized spacial score (nSPS) is 25.7. The van der Waals surface area contributed by atoms with Crippen LogP contribution in [0.1, 0.15) is 26.0 Å². The van der Waals surface area contributed by atoms with E-state index in [1.807, 2.05) is 12.3 Å². The van der Waals surface area contributed by atoms with Crippen molar-refractivity contribution < 1.29 is 4.39 Å². The first-order valence-corrected chi connectivity index (χ1v) is 8.27. The molecule has 0 aliphatic carbocycles. The fraction of sp³-hybridized carbons (Fsp3) is 0.500. The fourth-order valence-electron chi connectivity index (χ4n) is 3.25. The molecule has 1 fully saturated rings. The highest BCUT2D eigenvalue weighted by Crippen LogP contribution is 2.21. The monoisotopic (exact) mass is 316 g/mol. The van der Waals surface area contributed by atoms with Crippen molar-refractivity contribution in [2.45, 2.75) is 38.9 Å². The third-order valence-corrected chi connectivity index (χ3v) is 4.89. The van der Waals surface area contributed by atoms with Crippen LogP contribution < -0.4 is 5.32 Å². The Labute approximate surface area is 137 Å². The summed E-state index contributed by atoms with van der Waals surface area (Å²) in [5.41, 5.74) is 1.88. The van der Waals surface area contributed by atoms with E-state index in [1.165, 1.54) is 12.1 Å². The van der Waals surface area contributed by atoms with Crippen LogP contribution in [0.4, 0.5) is 4.39 Å². The Balaban J connectivity index is 1.60. The van der Waals surface area contributed by atoms with Gasteiger partial charge in [0.2, 0.25) is 0 Å². The molecule has 0 bridgehead atoms. The summed E-state index contributed by atoms with van der Waals surface area (Å²) in [6.45, 7) is 6.48. The van der Waals surface area contributed by atoms with Crippen molar-refractivity contribution in [3.8, 4) is 5.69 Å². The first-order chi connectivity index (χ1) is 11.0. The Morgan fingerprint density at radius 2 is 1.96 bits per heavy atom. The van der Waals surface area contributed by atoms with Crippen molar-refractivity contribution in [2.24, 2.45) is 5.92 Å². The van der Waals surface area contributed by atoms with E-state index in [0.29, 0.717) is 18.0 Å². The number of rotatable bonds is 4. The minimum absolute atomic E-state index is 0.229. The van der Waals surface area contributed by atoms with Crippen LogP contribution in [-0.2, 0) is 6.54 Å². The second kappa shape index (κ2) is 6.81. The van der Waals surface area contributed by atoms with Crippen LogP contribution in [0.15, 0.2) is 36.5 Å². The van der Waals surface area contributed by atoms with Gasteiger partial charge in [-0.05, 0) is 56.6 Å². The van der Waals surface area contributed by atoms with Crippen LogP contribution in [0.25, 0.3) is 5.69 Å². The van der Waals surface area contributed by atoms with Gasteiger partial charge >= 0.3 is 0 Å². The molecule has 0 amide bonds. The van der Waals surface area contributed by atoms with Gasteiger partial charge in [0.15, 0.2) is 0 Å². The summed E-state index contributed by atoms with van der Waals surface area (Å²) < 4.78 is 14.8. The number of benzene rings is 1. The maximum absolute atomic E-state index is 13.0. The van der Waals surface area contributed by atoms with Crippen molar-refractivity contribution in [3.05, 3.63) is 48.0 Å². The molecule has 1 saturated heterocycles. The summed E-state index contributed by atoms with van der Waals surface area (Å²) in [5.74, 6) is 0.406. The minimum Gasteiger partial charge on any atom is -0.308 e. The first kappa shape index (κ1) is 16.1. The largest absolute Gasteiger partial charge is 0.308 e. The van der Waals surface area contributed by atoms with Crippen molar-refractivity contribution >= 4 is 0 Å². The van der Waals surface area contributed by atoms with Gasteiger partial charge in [-0.25, -0.2) is 9.07 Å². The lowest BCUT2D eigenvalue weighted by atomic mass is 9.90. The molecule has 0 unspecified atom stereocenters. The van der Waals surface area contributed by atoms with E-state index in [2.05, 4.69) is 36.2 Å². The van der Waals surface area contributed by atoms with Crippen molar-refractivity contribution in [1.29, 1.82) is 0 Å². The molecule has 1 N–H and O–H groups in total. The third-order valence-electron chi connectivity index (χ3n) is 4.89. The number of aromatic nitrogens is 2. The Hall–Kier alpha value is -1.72. The summed E-state index contributed by atoms with van der Waals surface area (Å²) in [4.78, 5) is 2.42. The van der Waals surface area contributed by atoms with Crippen LogP contribution in [0.5, 0.6) is 0 Å². The van der Waals surface area contributed by atoms with E-state index < -0.39 is 0 Å². The summed E-state index contributed by atoms with van der Waals surface area (Å²) >= 11 is 0. The van der Waals surface area contributed by atoms with Crippen LogP contribution in [0.2, 0.25) is 0 Å². The third kappa shape index (κ3) is 3.79. The van der Waals surface area contributed by atoms with Crippen molar-refractivity contribution in [3.63, 3.8) is 0 Å². The zero-order chi connectivity index (χ0) is 16.4. The molecule has 3 rings (SSSR count). The molecule has 0 radical (unpaired) electrons. The van der Waals surface area contributed by atoms with Gasteiger partial charge in [0.05, 0.1) is 11.4 Å². The zero-order valence-corrected chi connectivity index (χ0v) is 14.0. The van der Waals surface area contributed by atoms with Crippen LogP contribution >= 0.6 is 0 Å². The maximum Gasteiger partial charge on any atom is 0.123 e. The molecular formula is C18H25FN4. The van der Waals surface area contributed by atoms with E-state index in [-0.39, 0.29) is 5.82 Å².